The van der Waals surface area contributed by atoms with Gasteiger partial charge in [0.15, 0.2) is 11.5 Å². The molecular formula is C22H24FN3O2. The van der Waals surface area contributed by atoms with Crippen LogP contribution < -0.4 is 4.74 Å². The molecular weight excluding hydrogens is 357 g/mol. The fraction of sp³-hybridized carbons (Fsp3) is 0.318. The third kappa shape index (κ3) is 3.73. The number of hydrogen-bond acceptors (Lipinski definition) is 4. The molecule has 3 aromatic rings. The molecule has 0 radical (unpaired) electrons. The Morgan fingerprint density at radius 3 is 2.96 bits per heavy atom. The zero-order valence-electron chi connectivity index (χ0n) is 15.9. The summed E-state index contributed by atoms with van der Waals surface area (Å²) in [7, 11) is 1.56. The van der Waals surface area contributed by atoms with Crippen molar-refractivity contribution in [2.75, 3.05) is 20.2 Å². The minimum absolute atomic E-state index is 0.203. The van der Waals surface area contributed by atoms with Crippen molar-refractivity contribution < 1.29 is 14.2 Å². The fourth-order valence-electron chi connectivity index (χ4n) is 4.03. The SMILES string of the molecule is COc1cccc(CN2CCC[C@H](c3[nH]ncc3-c3cccc(F)c3)C2)c1O. The molecule has 1 saturated heterocycles. The zero-order chi connectivity index (χ0) is 19.5. The first-order valence-corrected chi connectivity index (χ1v) is 9.52. The second-order valence-electron chi connectivity index (χ2n) is 7.25. The van der Waals surface area contributed by atoms with E-state index in [0.29, 0.717) is 12.3 Å². The number of phenols is 1. The molecule has 1 aliphatic heterocycles. The van der Waals surface area contributed by atoms with Crippen molar-refractivity contribution in [1.82, 2.24) is 15.1 Å². The Morgan fingerprint density at radius 2 is 2.14 bits per heavy atom. The van der Waals surface area contributed by atoms with E-state index in [-0.39, 0.29) is 17.5 Å². The van der Waals surface area contributed by atoms with E-state index in [1.165, 1.54) is 6.07 Å². The molecule has 1 fully saturated rings. The van der Waals surface area contributed by atoms with Crippen LogP contribution in [0.4, 0.5) is 4.39 Å². The molecule has 1 atom stereocenters. The Hall–Kier alpha value is -2.86. The highest BCUT2D eigenvalue weighted by atomic mass is 19.1. The predicted octanol–water partition coefficient (Wildman–Crippen LogP) is 4.31. The van der Waals surface area contributed by atoms with Crippen LogP contribution in [0, 0.1) is 5.82 Å². The molecule has 0 saturated carbocycles. The van der Waals surface area contributed by atoms with Gasteiger partial charge in [0.05, 0.1) is 13.3 Å². The minimum atomic E-state index is -0.247. The highest BCUT2D eigenvalue weighted by Crippen LogP contribution is 2.35. The summed E-state index contributed by atoms with van der Waals surface area (Å²) >= 11 is 0. The number of aromatic nitrogens is 2. The lowest BCUT2D eigenvalue weighted by atomic mass is 9.90. The van der Waals surface area contributed by atoms with Crippen LogP contribution in [0.1, 0.15) is 30.0 Å². The summed E-state index contributed by atoms with van der Waals surface area (Å²) in [5.41, 5.74) is 3.70. The lowest BCUT2D eigenvalue weighted by Crippen LogP contribution is -2.34. The standard InChI is InChI=1S/C22H24FN3O2/c1-28-20-9-3-6-17(22(20)27)14-26-10-4-7-16(13-26)21-19(12-24-25-21)15-5-2-8-18(23)11-15/h2-3,5-6,8-9,11-12,16,27H,4,7,10,13-14H2,1H3,(H,24,25)/t16-/m0/s1. The predicted molar refractivity (Wildman–Crippen MR) is 106 cm³/mol. The Kier molecular flexibility index (Phi) is 5.30. The Balaban J connectivity index is 1.53. The summed E-state index contributed by atoms with van der Waals surface area (Å²) < 4.78 is 18.9. The quantitative estimate of drug-likeness (QED) is 0.691. The number of phenolic OH excluding ortho intramolecular Hbond substituents is 1. The first-order chi connectivity index (χ1) is 13.7. The number of nitrogens with zero attached hydrogens (tertiary/aromatic N) is 2. The van der Waals surface area contributed by atoms with E-state index in [1.54, 1.807) is 31.5 Å². The minimum Gasteiger partial charge on any atom is -0.504 e. The number of hydrogen-bond donors (Lipinski definition) is 2. The molecule has 6 heteroatoms. The molecule has 2 heterocycles. The molecule has 5 nitrogen and oxygen atoms in total. The first kappa shape index (κ1) is 18.5. The third-order valence-corrected chi connectivity index (χ3v) is 5.41. The lowest BCUT2D eigenvalue weighted by Gasteiger charge is -2.33. The van der Waals surface area contributed by atoms with Gasteiger partial charge in [-0.15, -0.1) is 0 Å². The summed E-state index contributed by atoms with van der Waals surface area (Å²) in [5, 5.41) is 17.8. The van der Waals surface area contributed by atoms with E-state index in [2.05, 4.69) is 15.1 Å². The van der Waals surface area contributed by atoms with Gasteiger partial charge in [0, 0.05) is 35.8 Å². The van der Waals surface area contributed by atoms with Gasteiger partial charge in [0.25, 0.3) is 0 Å². The highest BCUT2D eigenvalue weighted by Gasteiger charge is 2.26. The average molecular weight is 381 g/mol. The Labute approximate surface area is 163 Å². The van der Waals surface area contributed by atoms with Crippen LogP contribution in [0.15, 0.2) is 48.7 Å². The van der Waals surface area contributed by atoms with Crippen LogP contribution in [0.25, 0.3) is 11.1 Å². The van der Waals surface area contributed by atoms with Gasteiger partial charge in [-0.2, -0.15) is 5.10 Å². The normalized spacial score (nSPS) is 17.6. The largest absolute Gasteiger partial charge is 0.504 e. The van der Waals surface area contributed by atoms with E-state index >= 15 is 0 Å². The van der Waals surface area contributed by atoms with E-state index in [4.69, 9.17) is 4.74 Å². The van der Waals surface area contributed by atoms with Crippen LogP contribution in [-0.4, -0.2) is 40.4 Å². The smallest absolute Gasteiger partial charge is 0.162 e. The molecule has 0 amide bonds. The van der Waals surface area contributed by atoms with E-state index in [0.717, 1.165) is 48.3 Å². The molecule has 28 heavy (non-hydrogen) atoms. The number of likely N-dealkylation sites (tertiary alicyclic amines) is 1. The lowest BCUT2D eigenvalue weighted by molar-refractivity contribution is 0.196. The monoisotopic (exact) mass is 381 g/mol. The molecule has 1 aromatic heterocycles. The number of aromatic hydroxyl groups is 1. The molecule has 1 aliphatic rings. The fourth-order valence-corrected chi connectivity index (χ4v) is 4.03. The van der Waals surface area contributed by atoms with Gasteiger partial charge < -0.3 is 9.84 Å². The van der Waals surface area contributed by atoms with E-state index < -0.39 is 0 Å². The molecule has 0 aliphatic carbocycles. The molecule has 0 bridgehead atoms. The number of methoxy groups -OCH3 is 1. The van der Waals surface area contributed by atoms with Crippen molar-refractivity contribution in [2.24, 2.45) is 0 Å². The van der Waals surface area contributed by atoms with Gasteiger partial charge in [-0.05, 0) is 43.1 Å². The number of ether oxygens (including phenoxy) is 1. The Morgan fingerprint density at radius 1 is 1.29 bits per heavy atom. The van der Waals surface area contributed by atoms with Crippen molar-refractivity contribution >= 4 is 0 Å². The number of H-pyrrole nitrogens is 1. The number of nitrogens with one attached hydrogen (secondary N) is 1. The molecule has 2 aromatic carbocycles. The topological polar surface area (TPSA) is 61.4 Å². The van der Waals surface area contributed by atoms with Crippen molar-refractivity contribution in [1.29, 1.82) is 0 Å². The van der Waals surface area contributed by atoms with Crippen LogP contribution in [0.5, 0.6) is 11.5 Å². The van der Waals surface area contributed by atoms with Crippen LogP contribution in [-0.2, 0) is 6.54 Å². The number of piperidine rings is 1. The van der Waals surface area contributed by atoms with Gasteiger partial charge in [0.1, 0.15) is 5.82 Å². The molecule has 4 rings (SSSR count). The maximum absolute atomic E-state index is 13.7. The second-order valence-corrected chi connectivity index (χ2v) is 7.25. The first-order valence-electron chi connectivity index (χ1n) is 9.52. The van der Waals surface area contributed by atoms with Gasteiger partial charge in [-0.25, -0.2) is 4.39 Å². The molecule has 0 unspecified atom stereocenters. The van der Waals surface area contributed by atoms with Gasteiger partial charge in [-0.1, -0.05) is 24.3 Å². The molecule has 2 N–H and O–H groups in total. The molecule has 146 valence electrons. The summed E-state index contributed by atoms with van der Waals surface area (Å²) in [6, 6.07) is 12.2. The number of rotatable bonds is 5. The van der Waals surface area contributed by atoms with Gasteiger partial charge >= 0.3 is 0 Å². The van der Waals surface area contributed by atoms with Gasteiger partial charge in [-0.3, -0.25) is 10.00 Å². The van der Waals surface area contributed by atoms with Crippen LogP contribution >= 0.6 is 0 Å². The summed E-state index contributed by atoms with van der Waals surface area (Å²) in [6.07, 6.45) is 3.87. The maximum atomic E-state index is 13.7. The number of para-hydroxylation sites is 1. The number of benzene rings is 2. The van der Waals surface area contributed by atoms with Gasteiger partial charge in [0.2, 0.25) is 0 Å². The average Bonchev–Trinajstić information content (AvgIpc) is 3.20. The summed E-state index contributed by atoms with van der Waals surface area (Å²) in [6.45, 7) is 2.47. The van der Waals surface area contributed by atoms with Crippen molar-refractivity contribution in [2.45, 2.75) is 25.3 Å². The zero-order valence-corrected chi connectivity index (χ0v) is 15.9. The van der Waals surface area contributed by atoms with Crippen molar-refractivity contribution in [3.63, 3.8) is 0 Å². The third-order valence-electron chi connectivity index (χ3n) is 5.41. The highest BCUT2D eigenvalue weighted by molar-refractivity contribution is 5.65. The number of aromatic amines is 1. The van der Waals surface area contributed by atoms with Crippen LogP contribution in [0.2, 0.25) is 0 Å². The van der Waals surface area contributed by atoms with Crippen molar-refractivity contribution in [3.05, 3.63) is 65.7 Å². The maximum Gasteiger partial charge on any atom is 0.162 e. The molecule has 0 spiro atoms. The number of halogens is 1. The van der Waals surface area contributed by atoms with E-state index in [1.807, 2.05) is 18.2 Å². The van der Waals surface area contributed by atoms with Crippen molar-refractivity contribution in [3.8, 4) is 22.6 Å². The summed E-state index contributed by atoms with van der Waals surface area (Å²) in [4.78, 5) is 2.33. The van der Waals surface area contributed by atoms with Crippen LogP contribution in [0.3, 0.4) is 0 Å². The Bertz CT molecular complexity index is 956. The second kappa shape index (κ2) is 8.02. The van der Waals surface area contributed by atoms with E-state index in [9.17, 15) is 9.50 Å². The summed E-state index contributed by atoms with van der Waals surface area (Å²) in [5.74, 6) is 0.729.